The molecule has 2 aromatic heterocycles. The Balaban J connectivity index is 1.39. The van der Waals surface area contributed by atoms with E-state index in [1.807, 2.05) is 29.9 Å². The topological polar surface area (TPSA) is 109 Å². The molecule has 0 spiro atoms. The first-order chi connectivity index (χ1) is 14.0. The lowest BCUT2D eigenvalue weighted by Crippen LogP contribution is -2.34. The number of benzene rings is 1. The van der Waals surface area contributed by atoms with Gasteiger partial charge in [-0.3, -0.25) is 9.59 Å². The fourth-order valence-electron chi connectivity index (χ4n) is 3.75. The molecule has 0 aliphatic carbocycles. The average molecular weight is 409 g/mol. The monoisotopic (exact) mass is 409 g/mol. The van der Waals surface area contributed by atoms with Crippen molar-refractivity contribution < 1.29 is 9.59 Å². The molecule has 0 saturated heterocycles. The van der Waals surface area contributed by atoms with Crippen LogP contribution in [0.15, 0.2) is 30.5 Å². The lowest BCUT2D eigenvalue weighted by atomic mass is 9.98. The largest absolute Gasteiger partial charge is 0.375 e. The molecule has 2 amide bonds. The maximum Gasteiger partial charge on any atom is 0.268 e. The summed E-state index contributed by atoms with van der Waals surface area (Å²) < 4.78 is 1.87. The number of nitrogen functional groups attached to an aromatic ring is 1. The van der Waals surface area contributed by atoms with Gasteiger partial charge in [-0.05, 0) is 30.2 Å². The molecule has 0 bridgehead atoms. The summed E-state index contributed by atoms with van der Waals surface area (Å²) in [6.45, 7) is 2.23. The van der Waals surface area contributed by atoms with Gasteiger partial charge >= 0.3 is 0 Å². The summed E-state index contributed by atoms with van der Waals surface area (Å²) in [5.74, 6) is 1.18. The lowest BCUT2D eigenvalue weighted by Gasteiger charge is -2.26. The van der Waals surface area contributed by atoms with Gasteiger partial charge in [0.15, 0.2) is 10.9 Å². The highest BCUT2D eigenvalue weighted by molar-refractivity contribution is 7.17. The predicted molar refractivity (Wildman–Crippen MR) is 111 cm³/mol. The highest BCUT2D eigenvalue weighted by Crippen LogP contribution is 2.34. The van der Waals surface area contributed by atoms with Crippen molar-refractivity contribution in [3.8, 4) is 0 Å². The number of thiazole rings is 1. The minimum absolute atomic E-state index is 0.0676. The van der Waals surface area contributed by atoms with Crippen molar-refractivity contribution in [2.45, 2.75) is 13.0 Å². The Labute approximate surface area is 170 Å². The summed E-state index contributed by atoms with van der Waals surface area (Å²) >= 11 is 1.14. The van der Waals surface area contributed by atoms with E-state index in [-0.39, 0.29) is 11.8 Å². The van der Waals surface area contributed by atoms with Gasteiger partial charge in [0.2, 0.25) is 0 Å². The van der Waals surface area contributed by atoms with E-state index in [0.29, 0.717) is 15.8 Å². The molecular weight excluding hydrogens is 390 g/mol. The second-order valence-electron chi connectivity index (χ2n) is 7.10. The number of fused-ring (bicyclic) bond motifs is 2. The normalized spacial score (nSPS) is 15.4. The van der Waals surface area contributed by atoms with Crippen LogP contribution >= 0.6 is 11.3 Å². The van der Waals surface area contributed by atoms with Gasteiger partial charge in [-0.15, -0.1) is 0 Å². The molecule has 3 aromatic rings. The van der Waals surface area contributed by atoms with Crippen LogP contribution in [-0.2, 0) is 13.0 Å². The van der Waals surface area contributed by atoms with Crippen LogP contribution in [0.4, 0.5) is 22.5 Å². The average Bonchev–Trinajstić information content (AvgIpc) is 3.40. The van der Waals surface area contributed by atoms with E-state index in [9.17, 15) is 9.59 Å². The molecule has 148 valence electrons. The van der Waals surface area contributed by atoms with Gasteiger partial charge in [0.25, 0.3) is 11.8 Å². The summed E-state index contributed by atoms with van der Waals surface area (Å²) in [4.78, 5) is 32.9. The van der Waals surface area contributed by atoms with E-state index in [0.717, 1.165) is 60.0 Å². The Morgan fingerprint density at radius 1 is 1.24 bits per heavy atom. The van der Waals surface area contributed by atoms with Gasteiger partial charge in [-0.2, -0.15) is 5.10 Å². The van der Waals surface area contributed by atoms with Crippen molar-refractivity contribution in [3.63, 3.8) is 0 Å². The molecule has 10 heteroatoms. The lowest BCUT2D eigenvalue weighted by molar-refractivity contribution is 0.0780. The number of nitrogens with two attached hydrogens (primary N) is 1. The predicted octanol–water partition coefficient (Wildman–Crippen LogP) is 1.95. The van der Waals surface area contributed by atoms with Crippen LogP contribution in [0, 0.1) is 0 Å². The zero-order chi connectivity index (χ0) is 20.1. The van der Waals surface area contributed by atoms with Gasteiger partial charge < -0.3 is 20.9 Å². The van der Waals surface area contributed by atoms with Crippen LogP contribution in [0.5, 0.6) is 0 Å². The van der Waals surface area contributed by atoms with Gasteiger partial charge in [0.05, 0.1) is 12.7 Å². The maximum absolute atomic E-state index is 12.3. The number of hydrogen-bond acceptors (Lipinski definition) is 7. The van der Waals surface area contributed by atoms with Gasteiger partial charge in [-0.1, -0.05) is 11.3 Å². The Morgan fingerprint density at radius 2 is 2.10 bits per heavy atom. The second kappa shape index (κ2) is 6.59. The van der Waals surface area contributed by atoms with Crippen LogP contribution in [0.2, 0.25) is 0 Å². The zero-order valence-corrected chi connectivity index (χ0v) is 16.6. The van der Waals surface area contributed by atoms with Crippen LogP contribution < -0.4 is 16.0 Å². The Hall–Kier alpha value is -3.40. The molecule has 5 rings (SSSR count). The standard InChI is InChI=1S/C19H19N7O2S/c1-24-5-4-11-8-12(2-3-13(11)18(24)28)25-6-7-26-16(25)9-15(23-26)22-17(27)14-10-21-19(20)29-14/h2-3,8-10H,4-7H2,1H3,(H2,20,21)(H,22,23,27). The smallest absolute Gasteiger partial charge is 0.268 e. The first-order valence-electron chi connectivity index (χ1n) is 9.26. The molecule has 0 atom stereocenters. The van der Waals surface area contributed by atoms with Crippen LogP contribution in [0.3, 0.4) is 0 Å². The highest BCUT2D eigenvalue weighted by Gasteiger charge is 2.27. The number of rotatable bonds is 3. The third-order valence-corrected chi connectivity index (χ3v) is 6.08. The number of nitrogens with one attached hydrogen (secondary N) is 1. The van der Waals surface area contributed by atoms with Gasteiger partial charge in [-0.25, -0.2) is 9.67 Å². The van der Waals surface area contributed by atoms with E-state index in [2.05, 4.69) is 26.4 Å². The summed E-state index contributed by atoms with van der Waals surface area (Å²) in [5, 5.41) is 7.64. The Kier molecular flexibility index (Phi) is 4.02. The quantitative estimate of drug-likeness (QED) is 0.684. The van der Waals surface area contributed by atoms with Crippen molar-refractivity contribution in [2.24, 2.45) is 0 Å². The Morgan fingerprint density at radius 3 is 2.90 bits per heavy atom. The van der Waals surface area contributed by atoms with Crippen molar-refractivity contribution >= 4 is 45.6 Å². The van der Waals surface area contributed by atoms with Crippen LogP contribution in [0.25, 0.3) is 0 Å². The number of hydrogen-bond donors (Lipinski definition) is 2. The van der Waals surface area contributed by atoms with Gasteiger partial charge in [0, 0.05) is 37.5 Å². The third kappa shape index (κ3) is 3.01. The van der Waals surface area contributed by atoms with E-state index >= 15 is 0 Å². The van der Waals surface area contributed by atoms with Crippen molar-refractivity contribution in [1.29, 1.82) is 0 Å². The zero-order valence-electron chi connectivity index (χ0n) is 15.8. The van der Waals surface area contributed by atoms with E-state index in [1.165, 1.54) is 6.20 Å². The van der Waals surface area contributed by atoms with Crippen molar-refractivity contribution in [3.05, 3.63) is 46.5 Å². The SMILES string of the molecule is CN1CCc2cc(N3CCn4nc(NC(=O)c5cnc(N)s5)cc43)ccc2C1=O. The fraction of sp³-hybridized carbons (Fsp3) is 0.263. The van der Waals surface area contributed by atoms with Crippen LogP contribution in [-0.4, -0.2) is 51.6 Å². The van der Waals surface area contributed by atoms with Crippen molar-refractivity contribution in [2.75, 3.05) is 36.1 Å². The van der Waals surface area contributed by atoms with Crippen molar-refractivity contribution in [1.82, 2.24) is 19.7 Å². The van der Waals surface area contributed by atoms with Crippen LogP contribution in [0.1, 0.15) is 25.6 Å². The fourth-order valence-corrected chi connectivity index (χ4v) is 4.33. The number of carbonyl (C=O) groups excluding carboxylic acids is 2. The molecular formula is C19H19N7O2S. The number of nitrogens with zero attached hydrogens (tertiary/aromatic N) is 5. The third-order valence-electron chi connectivity index (χ3n) is 5.25. The number of anilines is 4. The summed E-state index contributed by atoms with van der Waals surface area (Å²) in [5.41, 5.74) is 8.45. The molecule has 2 aliphatic rings. The first-order valence-corrected chi connectivity index (χ1v) is 10.1. The molecule has 0 fully saturated rings. The molecule has 0 unspecified atom stereocenters. The second-order valence-corrected chi connectivity index (χ2v) is 8.16. The summed E-state index contributed by atoms with van der Waals surface area (Å²) in [6.07, 6.45) is 2.30. The molecule has 1 aromatic carbocycles. The molecule has 29 heavy (non-hydrogen) atoms. The minimum Gasteiger partial charge on any atom is -0.375 e. The van der Waals surface area contributed by atoms with E-state index < -0.39 is 0 Å². The molecule has 9 nitrogen and oxygen atoms in total. The number of carbonyl (C=O) groups is 2. The molecule has 2 aliphatic heterocycles. The van der Waals surface area contributed by atoms with E-state index in [4.69, 9.17) is 5.73 Å². The molecule has 4 heterocycles. The summed E-state index contributed by atoms with van der Waals surface area (Å²) in [7, 11) is 1.83. The first kappa shape index (κ1) is 17.7. The molecule has 0 saturated carbocycles. The Bertz CT molecular complexity index is 1140. The van der Waals surface area contributed by atoms with E-state index in [1.54, 1.807) is 4.90 Å². The number of amides is 2. The number of aromatic nitrogens is 3. The molecule has 0 radical (unpaired) electrons. The number of likely N-dealkylation sites (N-methyl/N-ethyl adjacent to an activating group) is 1. The summed E-state index contributed by atoms with van der Waals surface area (Å²) in [6, 6.07) is 7.81. The maximum atomic E-state index is 12.3. The highest BCUT2D eigenvalue weighted by atomic mass is 32.1. The minimum atomic E-state index is -0.279. The van der Waals surface area contributed by atoms with Gasteiger partial charge in [0.1, 0.15) is 10.7 Å². The molecule has 3 N–H and O–H groups in total.